The Hall–Kier alpha value is -3.33. The number of nitriles is 1. The highest BCUT2D eigenvalue weighted by molar-refractivity contribution is 5.94. The first-order valence-electron chi connectivity index (χ1n) is 8.21. The monoisotopic (exact) mass is 351 g/mol. The Morgan fingerprint density at radius 2 is 1.96 bits per heavy atom. The van der Waals surface area contributed by atoms with Crippen LogP contribution in [-0.4, -0.2) is 36.9 Å². The molecule has 0 saturated heterocycles. The number of amides is 2. The van der Waals surface area contributed by atoms with Crippen molar-refractivity contribution in [2.24, 2.45) is 0 Å². The van der Waals surface area contributed by atoms with E-state index >= 15 is 0 Å². The van der Waals surface area contributed by atoms with Gasteiger partial charge in [0, 0.05) is 19.2 Å². The molecule has 0 unspecified atom stereocenters. The molecule has 2 aromatic carbocycles. The lowest BCUT2D eigenvalue weighted by molar-refractivity contribution is -0.132. The number of carbonyl (C=O) groups excluding carboxylic acids is 2. The fourth-order valence-electron chi connectivity index (χ4n) is 2.55. The smallest absolute Gasteiger partial charge is 0.243 e. The van der Waals surface area contributed by atoms with Crippen molar-refractivity contribution in [3.8, 4) is 11.8 Å². The Morgan fingerprint density at radius 3 is 2.65 bits per heavy atom. The van der Waals surface area contributed by atoms with E-state index in [0.717, 1.165) is 11.3 Å². The lowest BCUT2D eigenvalue weighted by Crippen LogP contribution is -2.38. The number of nitrogens with zero attached hydrogens (tertiary/aromatic N) is 2. The summed E-state index contributed by atoms with van der Waals surface area (Å²) in [7, 11) is 1.60. The van der Waals surface area contributed by atoms with Gasteiger partial charge in [0.2, 0.25) is 11.8 Å². The minimum Gasteiger partial charge on any atom is -0.496 e. The van der Waals surface area contributed by atoms with Crippen molar-refractivity contribution >= 4 is 17.5 Å². The molecule has 0 aliphatic carbocycles. The van der Waals surface area contributed by atoms with Crippen LogP contribution >= 0.6 is 0 Å². The lowest BCUT2D eigenvalue weighted by Gasteiger charge is -2.21. The fourth-order valence-corrected chi connectivity index (χ4v) is 2.55. The van der Waals surface area contributed by atoms with Crippen molar-refractivity contribution in [3.63, 3.8) is 0 Å². The number of ether oxygens (including phenoxy) is 1. The van der Waals surface area contributed by atoms with Crippen molar-refractivity contribution in [1.82, 2.24) is 4.90 Å². The topological polar surface area (TPSA) is 82.4 Å². The van der Waals surface area contributed by atoms with Crippen LogP contribution in [0.25, 0.3) is 0 Å². The molecule has 0 aliphatic rings. The minimum absolute atomic E-state index is 0.0543. The van der Waals surface area contributed by atoms with Crippen LogP contribution in [0, 0.1) is 11.3 Å². The number of hydrogen-bond acceptors (Lipinski definition) is 4. The predicted octanol–water partition coefficient (Wildman–Crippen LogP) is 2.60. The second-order valence-corrected chi connectivity index (χ2v) is 5.74. The number of nitrogens with one attached hydrogen (secondary N) is 1. The van der Waals surface area contributed by atoms with Gasteiger partial charge in [-0.1, -0.05) is 24.3 Å². The third kappa shape index (κ3) is 5.35. The molecule has 0 aromatic heterocycles. The number of hydrogen-bond donors (Lipinski definition) is 1. The van der Waals surface area contributed by atoms with E-state index in [9.17, 15) is 9.59 Å². The largest absolute Gasteiger partial charge is 0.496 e. The van der Waals surface area contributed by atoms with Gasteiger partial charge in [0.15, 0.2) is 0 Å². The molecule has 2 amide bonds. The SMILES string of the molecule is COc1ccccc1CCN(CC(=O)Nc1cccc(C#N)c1)C(C)=O. The van der Waals surface area contributed by atoms with Crippen molar-refractivity contribution in [2.45, 2.75) is 13.3 Å². The van der Waals surface area contributed by atoms with Crippen molar-refractivity contribution in [1.29, 1.82) is 5.26 Å². The van der Waals surface area contributed by atoms with E-state index in [1.807, 2.05) is 30.3 Å². The first-order valence-corrected chi connectivity index (χ1v) is 8.21. The minimum atomic E-state index is -0.310. The molecule has 134 valence electrons. The molecule has 1 N–H and O–H groups in total. The second-order valence-electron chi connectivity index (χ2n) is 5.74. The van der Waals surface area contributed by atoms with Gasteiger partial charge < -0.3 is 15.0 Å². The second kappa shape index (κ2) is 9.23. The van der Waals surface area contributed by atoms with Crippen LogP contribution in [-0.2, 0) is 16.0 Å². The van der Waals surface area contributed by atoms with Gasteiger partial charge in [0.1, 0.15) is 5.75 Å². The van der Waals surface area contributed by atoms with E-state index in [1.165, 1.54) is 11.8 Å². The van der Waals surface area contributed by atoms with Gasteiger partial charge in [-0.25, -0.2) is 0 Å². The molecule has 0 spiro atoms. The van der Waals surface area contributed by atoms with Gasteiger partial charge in [0.05, 0.1) is 25.3 Å². The van der Waals surface area contributed by atoms with E-state index in [0.29, 0.717) is 24.2 Å². The first kappa shape index (κ1) is 19.0. The Labute approximate surface area is 153 Å². The highest BCUT2D eigenvalue weighted by Gasteiger charge is 2.15. The average Bonchev–Trinajstić information content (AvgIpc) is 2.65. The van der Waals surface area contributed by atoms with Crippen molar-refractivity contribution in [2.75, 3.05) is 25.5 Å². The maximum absolute atomic E-state index is 12.2. The zero-order chi connectivity index (χ0) is 18.9. The van der Waals surface area contributed by atoms with Gasteiger partial charge in [0.25, 0.3) is 0 Å². The summed E-state index contributed by atoms with van der Waals surface area (Å²) < 4.78 is 5.31. The van der Waals surface area contributed by atoms with E-state index < -0.39 is 0 Å². The zero-order valence-electron chi connectivity index (χ0n) is 14.9. The Morgan fingerprint density at radius 1 is 1.19 bits per heavy atom. The molecule has 0 fully saturated rings. The predicted molar refractivity (Wildman–Crippen MR) is 98.7 cm³/mol. The van der Waals surface area contributed by atoms with Crippen LogP contribution in [0.15, 0.2) is 48.5 Å². The summed E-state index contributed by atoms with van der Waals surface area (Å²) in [6.45, 7) is 1.79. The van der Waals surface area contributed by atoms with Crippen molar-refractivity contribution in [3.05, 3.63) is 59.7 Å². The summed E-state index contributed by atoms with van der Waals surface area (Å²) in [4.78, 5) is 25.6. The van der Waals surface area contributed by atoms with E-state index in [2.05, 4.69) is 5.32 Å². The third-order valence-electron chi connectivity index (χ3n) is 3.90. The molecule has 2 aromatic rings. The van der Waals surface area contributed by atoms with Crippen LogP contribution in [0.1, 0.15) is 18.1 Å². The summed E-state index contributed by atoms with van der Waals surface area (Å²) >= 11 is 0. The van der Waals surface area contributed by atoms with Gasteiger partial charge >= 0.3 is 0 Å². The molecule has 0 heterocycles. The molecule has 0 bridgehead atoms. The van der Waals surface area contributed by atoms with E-state index in [1.54, 1.807) is 31.4 Å². The molecule has 0 radical (unpaired) electrons. The van der Waals surface area contributed by atoms with Gasteiger partial charge in [-0.2, -0.15) is 5.26 Å². The highest BCUT2D eigenvalue weighted by atomic mass is 16.5. The fraction of sp³-hybridized carbons (Fsp3) is 0.250. The molecule has 6 heteroatoms. The Kier molecular flexibility index (Phi) is 6.75. The molecule has 2 rings (SSSR count). The molecule has 0 atom stereocenters. The standard InChI is InChI=1S/C20H21N3O3/c1-15(24)23(11-10-17-7-3-4-9-19(17)26-2)14-20(25)22-18-8-5-6-16(12-18)13-21/h3-9,12H,10-11,14H2,1-2H3,(H,22,25). The van der Waals surface area contributed by atoms with Crippen LogP contribution in [0.2, 0.25) is 0 Å². The van der Waals surface area contributed by atoms with Crippen molar-refractivity contribution < 1.29 is 14.3 Å². The Bertz CT molecular complexity index is 827. The van der Waals surface area contributed by atoms with Crippen LogP contribution in [0.4, 0.5) is 5.69 Å². The lowest BCUT2D eigenvalue weighted by atomic mass is 10.1. The van der Waals surface area contributed by atoms with E-state index in [-0.39, 0.29) is 18.4 Å². The zero-order valence-corrected chi connectivity index (χ0v) is 14.9. The van der Waals surface area contributed by atoms with Gasteiger partial charge in [-0.05, 0) is 36.2 Å². The van der Waals surface area contributed by atoms with E-state index in [4.69, 9.17) is 10.00 Å². The number of carbonyl (C=O) groups is 2. The van der Waals surface area contributed by atoms with Gasteiger partial charge in [-0.3, -0.25) is 9.59 Å². The summed E-state index contributed by atoms with van der Waals surface area (Å²) in [5.74, 6) is 0.268. The van der Waals surface area contributed by atoms with Gasteiger partial charge in [-0.15, -0.1) is 0 Å². The molecule has 0 aliphatic heterocycles. The summed E-state index contributed by atoms with van der Waals surface area (Å²) in [6.07, 6.45) is 0.584. The van der Waals surface area contributed by atoms with Crippen LogP contribution in [0.5, 0.6) is 5.75 Å². The normalized spacial score (nSPS) is 9.88. The van der Waals surface area contributed by atoms with Crippen LogP contribution in [0.3, 0.4) is 0 Å². The molecule has 0 saturated carbocycles. The number of para-hydroxylation sites is 1. The van der Waals surface area contributed by atoms with Crippen LogP contribution < -0.4 is 10.1 Å². The third-order valence-corrected chi connectivity index (χ3v) is 3.90. The number of anilines is 1. The average molecular weight is 351 g/mol. The number of methoxy groups -OCH3 is 1. The Balaban J connectivity index is 1.98. The summed E-state index contributed by atoms with van der Waals surface area (Å²) in [5.41, 5.74) is 1.97. The quantitative estimate of drug-likeness (QED) is 0.831. The maximum atomic E-state index is 12.2. The highest BCUT2D eigenvalue weighted by Crippen LogP contribution is 2.18. The molecular formula is C20H21N3O3. The first-order chi connectivity index (χ1) is 12.5. The summed E-state index contributed by atoms with van der Waals surface area (Å²) in [5, 5.41) is 11.6. The number of benzene rings is 2. The number of rotatable bonds is 7. The summed E-state index contributed by atoms with van der Waals surface area (Å²) in [6, 6.07) is 16.2. The molecule has 6 nitrogen and oxygen atoms in total. The maximum Gasteiger partial charge on any atom is 0.243 e. The molecular weight excluding hydrogens is 330 g/mol. The molecule has 26 heavy (non-hydrogen) atoms.